The third kappa shape index (κ3) is 6.03. The van der Waals surface area contributed by atoms with Crippen molar-refractivity contribution in [1.82, 2.24) is 20.4 Å². The number of ether oxygens (including phenoxy) is 1. The molecule has 4 rings (SSSR count). The molecule has 1 N–H and O–H groups in total. The van der Waals surface area contributed by atoms with Gasteiger partial charge in [0.15, 0.2) is 0 Å². The van der Waals surface area contributed by atoms with E-state index in [-0.39, 0.29) is 17.7 Å². The number of rotatable bonds is 8. The van der Waals surface area contributed by atoms with Gasteiger partial charge in [0.2, 0.25) is 11.8 Å². The minimum atomic E-state index is -0.0237. The number of nitrogens with zero attached hydrogens (tertiary/aromatic N) is 3. The van der Waals surface area contributed by atoms with E-state index in [1.165, 1.54) is 17.3 Å². The van der Waals surface area contributed by atoms with Crippen molar-refractivity contribution in [2.24, 2.45) is 0 Å². The first-order valence-electron chi connectivity index (χ1n) is 10.5. The molecule has 1 aromatic heterocycles. The molecule has 1 aliphatic rings. The first-order valence-corrected chi connectivity index (χ1v) is 11.8. The standard InChI is InChI=1S/C23H25ClN4O3S/c1-30-20-5-3-2-4-17(20)14-28-12-10-19(11-13-28)25-21(29)15-32-23-27-26-22(31-23)16-6-8-18(24)9-7-16/h2-9,19H,10-15H2,1H3,(H,25,29). The molecule has 0 unspecified atom stereocenters. The number of hydrogen-bond donors (Lipinski definition) is 1. The molecule has 168 valence electrons. The van der Waals surface area contributed by atoms with Crippen LogP contribution in [0.2, 0.25) is 5.02 Å². The number of carbonyl (C=O) groups is 1. The second kappa shape index (κ2) is 10.8. The summed E-state index contributed by atoms with van der Waals surface area (Å²) < 4.78 is 11.1. The van der Waals surface area contributed by atoms with Crippen molar-refractivity contribution in [3.63, 3.8) is 0 Å². The Morgan fingerprint density at radius 2 is 1.94 bits per heavy atom. The zero-order valence-electron chi connectivity index (χ0n) is 17.8. The summed E-state index contributed by atoms with van der Waals surface area (Å²) in [6.07, 6.45) is 1.85. The number of halogens is 1. The third-order valence-corrected chi connectivity index (χ3v) is 6.43. The summed E-state index contributed by atoms with van der Waals surface area (Å²) in [7, 11) is 1.70. The maximum Gasteiger partial charge on any atom is 0.277 e. The van der Waals surface area contributed by atoms with Crippen LogP contribution in [-0.2, 0) is 11.3 Å². The van der Waals surface area contributed by atoms with E-state index in [2.05, 4.69) is 26.5 Å². The van der Waals surface area contributed by atoms with Gasteiger partial charge in [0.1, 0.15) is 5.75 Å². The summed E-state index contributed by atoms with van der Waals surface area (Å²) in [5.41, 5.74) is 1.98. The molecule has 1 amide bonds. The first-order chi connectivity index (χ1) is 15.6. The van der Waals surface area contributed by atoms with Crippen molar-refractivity contribution >= 4 is 29.3 Å². The molecule has 0 aliphatic carbocycles. The molecule has 0 bridgehead atoms. The van der Waals surface area contributed by atoms with Crippen molar-refractivity contribution in [3.05, 3.63) is 59.1 Å². The number of methoxy groups -OCH3 is 1. The zero-order chi connectivity index (χ0) is 22.3. The van der Waals surface area contributed by atoms with Crippen LogP contribution in [0.15, 0.2) is 58.2 Å². The van der Waals surface area contributed by atoms with Crippen LogP contribution in [0.4, 0.5) is 0 Å². The highest BCUT2D eigenvalue weighted by atomic mass is 35.5. The van der Waals surface area contributed by atoms with Crippen molar-refractivity contribution in [2.75, 3.05) is 26.0 Å². The number of piperidine rings is 1. The Hall–Kier alpha value is -2.55. The van der Waals surface area contributed by atoms with Crippen molar-refractivity contribution in [3.8, 4) is 17.2 Å². The maximum absolute atomic E-state index is 12.4. The number of para-hydroxylation sites is 1. The van der Waals surface area contributed by atoms with Crippen LogP contribution in [0.25, 0.3) is 11.5 Å². The van der Waals surface area contributed by atoms with Gasteiger partial charge < -0.3 is 14.5 Å². The lowest BCUT2D eigenvalue weighted by Crippen LogP contribution is -2.44. The highest BCUT2D eigenvalue weighted by Gasteiger charge is 2.22. The second-order valence-corrected chi connectivity index (χ2v) is 8.96. The van der Waals surface area contributed by atoms with Crippen LogP contribution < -0.4 is 10.1 Å². The lowest BCUT2D eigenvalue weighted by molar-refractivity contribution is -0.119. The van der Waals surface area contributed by atoms with Crippen LogP contribution in [0, 0.1) is 0 Å². The van der Waals surface area contributed by atoms with Gasteiger partial charge in [-0.25, -0.2) is 0 Å². The summed E-state index contributed by atoms with van der Waals surface area (Å²) in [6.45, 7) is 2.72. The quantitative estimate of drug-likeness (QED) is 0.490. The van der Waals surface area contributed by atoms with E-state index in [1.807, 2.05) is 30.3 Å². The number of hydrogen-bond acceptors (Lipinski definition) is 7. The molecule has 2 aromatic carbocycles. The minimum Gasteiger partial charge on any atom is -0.496 e. The molecular formula is C23H25ClN4O3S. The molecule has 3 aromatic rings. The Morgan fingerprint density at radius 3 is 2.69 bits per heavy atom. The normalized spacial score (nSPS) is 14.9. The number of thioether (sulfide) groups is 1. The Bertz CT molecular complexity index is 1040. The fourth-order valence-corrected chi connectivity index (χ4v) is 4.38. The molecular weight excluding hydrogens is 448 g/mol. The fourth-order valence-electron chi connectivity index (χ4n) is 3.68. The summed E-state index contributed by atoms with van der Waals surface area (Å²) in [5, 5.41) is 12.2. The SMILES string of the molecule is COc1ccccc1CN1CCC(NC(=O)CSc2nnc(-c3ccc(Cl)cc3)o2)CC1. The molecule has 2 heterocycles. The van der Waals surface area contributed by atoms with Crippen molar-refractivity contribution in [2.45, 2.75) is 30.7 Å². The average molecular weight is 473 g/mol. The van der Waals surface area contributed by atoms with Crippen LogP contribution in [0.1, 0.15) is 18.4 Å². The Balaban J connectivity index is 1.20. The molecule has 0 saturated carbocycles. The van der Waals surface area contributed by atoms with Crippen molar-refractivity contribution in [1.29, 1.82) is 0 Å². The molecule has 32 heavy (non-hydrogen) atoms. The van der Waals surface area contributed by atoms with Crippen molar-refractivity contribution < 1.29 is 13.9 Å². The van der Waals surface area contributed by atoms with E-state index in [1.54, 1.807) is 19.2 Å². The first kappa shape index (κ1) is 22.6. The summed E-state index contributed by atoms with van der Waals surface area (Å²) >= 11 is 7.14. The van der Waals surface area contributed by atoms with Gasteiger partial charge in [-0.3, -0.25) is 9.69 Å². The maximum atomic E-state index is 12.4. The van der Waals surface area contributed by atoms with Gasteiger partial charge in [-0.05, 0) is 43.2 Å². The number of nitrogens with one attached hydrogen (secondary N) is 1. The number of benzene rings is 2. The van der Waals surface area contributed by atoms with Gasteiger partial charge in [0.25, 0.3) is 5.22 Å². The van der Waals surface area contributed by atoms with E-state index in [4.69, 9.17) is 20.8 Å². The molecule has 0 radical (unpaired) electrons. The van der Waals surface area contributed by atoms with Crippen LogP contribution >= 0.6 is 23.4 Å². The summed E-state index contributed by atoms with van der Waals surface area (Å²) in [6, 6.07) is 15.4. The van der Waals surface area contributed by atoms with E-state index in [0.29, 0.717) is 16.1 Å². The topological polar surface area (TPSA) is 80.5 Å². The second-order valence-electron chi connectivity index (χ2n) is 7.60. The third-order valence-electron chi connectivity index (χ3n) is 5.36. The molecule has 9 heteroatoms. The number of aromatic nitrogens is 2. The Kier molecular flexibility index (Phi) is 7.68. The van der Waals surface area contributed by atoms with Crippen LogP contribution in [0.3, 0.4) is 0 Å². The van der Waals surface area contributed by atoms with E-state index >= 15 is 0 Å². The number of carbonyl (C=O) groups excluding carboxylic acids is 1. The van der Waals surface area contributed by atoms with Gasteiger partial charge >= 0.3 is 0 Å². The van der Waals surface area contributed by atoms with Gasteiger partial charge in [-0.2, -0.15) is 0 Å². The molecule has 7 nitrogen and oxygen atoms in total. The predicted octanol–water partition coefficient (Wildman–Crippen LogP) is 4.27. The van der Waals surface area contributed by atoms with Gasteiger partial charge in [0, 0.05) is 41.8 Å². The number of amides is 1. The monoisotopic (exact) mass is 472 g/mol. The highest BCUT2D eigenvalue weighted by Crippen LogP contribution is 2.25. The van der Waals surface area contributed by atoms with Gasteiger partial charge in [-0.15, -0.1) is 10.2 Å². The van der Waals surface area contributed by atoms with Crippen LogP contribution in [-0.4, -0.2) is 53.0 Å². The lowest BCUT2D eigenvalue weighted by atomic mass is 10.0. The van der Waals surface area contributed by atoms with E-state index in [0.717, 1.165) is 43.8 Å². The minimum absolute atomic E-state index is 0.0237. The van der Waals surface area contributed by atoms with Gasteiger partial charge in [0.05, 0.1) is 12.9 Å². The molecule has 0 spiro atoms. The van der Waals surface area contributed by atoms with Gasteiger partial charge in [-0.1, -0.05) is 41.6 Å². The van der Waals surface area contributed by atoms with E-state index < -0.39 is 0 Å². The number of likely N-dealkylation sites (tertiary alicyclic amines) is 1. The molecule has 0 atom stereocenters. The fraction of sp³-hybridized carbons (Fsp3) is 0.348. The molecule has 1 aliphatic heterocycles. The van der Waals surface area contributed by atoms with Crippen LogP contribution in [0.5, 0.6) is 5.75 Å². The largest absolute Gasteiger partial charge is 0.496 e. The molecule has 1 fully saturated rings. The lowest BCUT2D eigenvalue weighted by Gasteiger charge is -2.32. The summed E-state index contributed by atoms with van der Waals surface area (Å²) in [5.74, 6) is 1.54. The summed E-state index contributed by atoms with van der Waals surface area (Å²) in [4.78, 5) is 14.8. The predicted molar refractivity (Wildman–Crippen MR) is 125 cm³/mol. The smallest absolute Gasteiger partial charge is 0.277 e. The Labute approximate surface area is 196 Å². The zero-order valence-corrected chi connectivity index (χ0v) is 19.4. The average Bonchev–Trinajstić information content (AvgIpc) is 3.29. The van der Waals surface area contributed by atoms with E-state index in [9.17, 15) is 4.79 Å². The molecule has 1 saturated heterocycles. The Morgan fingerprint density at radius 1 is 1.19 bits per heavy atom. The highest BCUT2D eigenvalue weighted by molar-refractivity contribution is 7.99.